The largest absolute Gasteiger partial charge is 0.507 e. The lowest BCUT2D eigenvalue weighted by atomic mass is 9.59. The maximum absolute atomic E-state index is 14.9. The van der Waals surface area contributed by atoms with Gasteiger partial charge >= 0.3 is 5.97 Å². The van der Waals surface area contributed by atoms with E-state index in [0.717, 1.165) is 7.11 Å². The summed E-state index contributed by atoms with van der Waals surface area (Å²) in [6.07, 6.45) is -7.53. The lowest BCUT2D eigenvalue weighted by Crippen LogP contribution is -3.14. The van der Waals surface area contributed by atoms with Gasteiger partial charge in [-0.2, -0.15) is 0 Å². The number of phenolic OH excluding ortho intramolecular Hbond substituents is 1. The first kappa shape index (κ1) is 40.7. The number of carbonyl (C=O) groups excluding carboxylic acids is 3. The van der Waals surface area contributed by atoms with Crippen molar-refractivity contribution in [2.45, 2.75) is 106 Å². The number of rotatable bonds is 7. The fourth-order valence-electron chi connectivity index (χ4n) is 10.2. The fraction of sp³-hybridized carbons (Fsp3) is 0.667. The summed E-state index contributed by atoms with van der Waals surface area (Å²) in [4.78, 5) is 43.9. The number of carbonyl (C=O) groups is 3. The van der Waals surface area contributed by atoms with Crippen LogP contribution in [0.1, 0.15) is 55.6 Å². The highest BCUT2D eigenvalue weighted by atomic mass is 16.7. The van der Waals surface area contributed by atoms with E-state index >= 15 is 0 Å². The molecule has 1 aromatic carbocycles. The molecule has 3 fully saturated rings. The molecular weight excluding hydrogens is 738 g/mol. The van der Waals surface area contributed by atoms with Gasteiger partial charge in [-0.15, -0.1) is 0 Å². The zero-order valence-corrected chi connectivity index (χ0v) is 33.0. The number of hydrogen-bond donors (Lipinski definition) is 6. The third-order valence-corrected chi connectivity index (χ3v) is 13.0. The van der Waals surface area contributed by atoms with Crippen LogP contribution in [0.2, 0.25) is 0 Å². The van der Waals surface area contributed by atoms with Gasteiger partial charge in [0.05, 0.1) is 67.5 Å². The Bertz CT molecular complexity index is 1890. The van der Waals surface area contributed by atoms with E-state index in [1.165, 1.54) is 40.4 Å². The SMILES string of the molecule is COC(=O)C1C2=CC3C(=O)c4c5c(cc(O)c4C(O)=C3C(=O)C2C(OC2OC(C)C(OC)C(C)(OC)C2OC)CC1(C)O)C1(C)OC(O5)C(O)C([NH+](C)C)C1O. The number of aromatic hydroxyl groups is 1. The molecule has 2 bridgehead atoms. The topological polar surface area (TPSA) is 231 Å². The molecule has 7 rings (SSSR count). The molecule has 3 aliphatic heterocycles. The first-order valence-corrected chi connectivity index (χ1v) is 18.6. The Morgan fingerprint density at radius 2 is 1.64 bits per heavy atom. The van der Waals surface area contributed by atoms with Crippen molar-refractivity contribution in [2.75, 3.05) is 42.5 Å². The van der Waals surface area contributed by atoms with Gasteiger partial charge in [0.2, 0.25) is 6.29 Å². The molecule has 1 aromatic rings. The van der Waals surface area contributed by atoms with Crippen LogP contribution < -0.4 is 9.64 Å². The van der Waals surface area contributed by atoms with Crippen molar-refractivity contribution in [1.29, 1.82) is 0 Å². The maximum Gasteiger partial charge on any atom is 0.315 e. The number of aliphatic hydroxyl groups is 4. The lowest BCUT2D eigenvalue weighted by Gasteiger charge is -2.53. The summed E-state index contributed by atoms with van der Waals surface area (Å²) in [6, 6.07) is 0.421. The predicted molar refractivity (Wildman–Crippen MR) is 190 cm³/mol. The van der Waals surface area contributed by atoms with E-state index in [2.05, 4.69) is 0 Å². The number of fused-ring (bicyclic) bond motifs is 8. The molecule has 308 valence electrons. The number of hydrogen-bond acceptors (Lipinski definition) is 16. The molecule has 3 aliphatic carbocycles. The zero-order chi connectivity index (χ0) is 41.1. The Morgan fingerprint density at radius 3 is 2.23 bits per heavy atom. The summed E-state index contributed by atoms with van der Waals surface area (Å²) in [5, 5.41) is 58.2. The monoisotopic (exact) mass is 790 g/mol. The molecule has 15 atom stereocenters. The molecule has 0 amide bonds. The van der Waals surface area contributed by atoms with E-state index in [1.54, 1.807) is 34.9 Å². The molecule has 1 saturated carbocycles. The van der Waals surface area contributed by atoms with Gasteiger partial charge in [-0.05, 0) is 39.3 Å². The van der Waals surface area contributed by atoms with Gasteiger partial charge in [0.1, 0.15) is 58.7 Å². The van der Waals surface area contributed by atoms with Crippen molar-refractivity contribution in [3.8, 4) is 11.5 Å². The van der Waals surface area contributed by atoms with Crippen molar-refractivity contribution in [2.24, 2.45) is 17.8 Å². The van der Waals surface area contributed by atoms with Crippen LogP contribution in [0.5, 0.6) is 11.5 Å². The first-order chi connectivity index (χ1) is 26.2. The van der Waals surface area contributed by atoms with E-state index < -0.39 is 119 Å². The second-order valence-corrected chi connectivity index (χ2v) is 16.5. The summed E-state index contributed by atoms with van der Waals surface area (Å²) < 4.78 is 47.5. The molecule has 17 heteroatoms. The fourth-order valence-corrected chi connectivity index (χ4v) is 10.2. The second kappa shape index (κ2) is 13.8. The quantitative estimate of drug-likeness (QED) is 0.148. The number of methoxy groups -OCH3 is 4. The number of likely N-dealkylation sites (N-methyl/N-ethyl adjacent to an activating group) is 1. The maximum atomic E-state index is 14.9. The minimum absolute atomic E-state index is 0.0216. The summed E-state index contributed by atoms with van der Waals surface area (Å²) in [6.45, 7) is 6.46. The molecule has 6 aliphatic rings. The molecule has 6 N–H and O–H groups in total. The van der Waals surface area contributed by atoms with Crippen molar-refractivity contribution in [3.63, 3.8) is 0 Å². The molecule has 0 spiro atoms. The summed E-state index contributed by atoms with van der Waals surface area (Å²) in [5.74, 6) is -8.26. The summed E-state index contributed by atoms with van der Waals surface area (Å²) in [5.41, 5.74) is -5.54. The van der Waals surface area contributed by atoms with Gasteiger partial charge in [0, 0.05) is 33.3 Å². The predicted octanol–water partition coefficient (Wildman–Crippen LogP) is -0.693. The van der Waals surface area contributed by atoms with Crippen LogP contribution in [0.25, 0.3) is 5.76 Å². The average molecular weight is 791 g/mol. The van der Waals surface area contributed by atoms with Gasteiger partial charge in [0.25, 0.3) is 0 Å². The third kappa shape index (κ3) is 5.54. The van der Waals surface area contributed by atoms with Crippen LogP contribution in [0.15, 0.2) is 23.3 Å². The highest BCUT2D eigenvalue weighted by molar-refractivity contribution is 6.21. The highest BCUT2D eigenvalue weighted by Crippen LogP contribution is 2.56. The standard InChI is InChI=1S/C39H51NO16/c1-14-32(49-7)39(4,52-10)33(50-8)36(53-14)54-19-13-37(2,48)24(34(47)51-9)15-11-16-21(27(43)20(15)19)28(44)22-18(41)12-17-30(23(22)26(16)42)55-35-29(45)25(40(5)6)31(46)38(17,3)56-35/h11-12,14,16,19-20,24-25,29,31-33,35-36,41,44-46,48H,13H2,1-10H3/p+1. The number of benzene rings is 1. The zero-order valence-electron chi connectivity index (χ0n) is 33.0. The number of nitrogens with one attached hydrogen (secondary N) is 1. The van der Waals surface area contributed by atoms with Crippen molar-refractivity contribution < 1.29 is 82.7 Å². The first-order valence-electron chi connectivity index (χ1n) is 18.6. The Morgan fingerprint density at radius 1 is 0.982 bits per heavy atom. The number of aliphatic hydroxyl groups excluding tert-OH is 3. The molecule has 2 saturated heterocycles. The molecular formula is C39H52NO16+. The molecule has 0 radical (unpaired) electrons. The van der Waals surface area contributed by atoms with Crippen LogP contribution in [0, 0.1) is 17.8 Å². The summed E-state index contributed by atoms with van der Waals surface area (Å²) >= 11 is 0. The van der Waals surface area contributed by atoms with E-state index in [9.17, 15) is 39.9 Å². The van der Waals surface area contributed by atoms with Crippen molar-refractivity contribution in [3.05, 3.63) is 40.0 Å². The Balaban J connectivity index is 1.37. The minimum Gasteiger partial charge on any atom is -0.507 e. The molecule has 17 nitrogen and oxygen atoms in total. The lowest BCUT2D eigenvalue weighted by molar-refractivity contribution is -0.899. The highest BCUT2D eigenvalue weighted by Gasteiger charge is 2.63. The number of allylic oxidation sites excluding steroid dienone is 2. The Kier molecular flexibility index (Phi) is 10.0. The number of phenols is 1. The van der Waals surface area contributed by atoms with Crippen LogP contribution in [0.3, 0.4) is 0 Å². The van der Waals surface area contributed by atoms with Crippen LogP contribution in [-0.2, 0) is 48.3 Å². The Hall–Kier alpha value is -3.49. The number of quaternary nitrogens is 1. The van der Waals surface area contributed by atoms with Crippen LogP contribution >= 0.6 is 0 Å². The van der Waals surface area contributed by atoms with Gasteiger partial charge < -0.3 is 68.3 Å². The second-order valence-electron chi connectivity index (χ2n) is 16.5. The Labute approximate surface area is 323 Å². The van der Waals surface area contributed by atoms with Crippen LogP contribution in [0.4, 0.5) is 0 Å². The normalized spacial score (nSPS) is 42.9. The number of Topliss-reactive ketones (excluding diaryl/α,β-unsaturated/α-hetero) is 2. The number of ketones is 2. The molecule has 3 heterocycles. The average Bonchev–Trinajstić information content (AvgIpc) is 3.12. The smallest absolute Gasteiger partial charge is 0.315 e. The molecule has 56 heavy (non-hydrogen) atoms. The van der Waals surface area contributed by atoms with Gasteiger partial charge in [0.15, 0.2) is 24.0 Å². The van der Waals surface area contributed by atoms with Crippen molar-refractivity contribution in [1.82, 2.24) is 0 Å². The minimum atomic E-state index is -1.89. The van der Waals surface area contributed by atoms with Gasteiger partial charge in [-0.3, -0.25) is 14.4 Å². The van der Waals surface area contributed by atoms with E-state index in [-0.39, 0.29) is 40.0 Å². The van der Waals surface area contributed by atoms with E-state index in [4.69, 9.17) is 37.9 Å². The van der Waals surface area contributed by atoms with Crippen LogP contribution in [-0.4, -0.2) is 152 Å². The number of ether oxygens (including phenoxy) is 8. The number of esters is 1. The molecule has 0 aromatic heterocycles. The van der Waals surface area contributed by atoms with E-state index in [1.807, 2.05) is 0 Å². The van der Waals surface area contributed by atoms with E-state index in [0.29, 0.717) is 4.90 Å². The van der Waals surface area contributed by atoms with Gasteiger partial charge in [-0.25, -0.2) is 0 Å². The molecule has 15 unspecified atom stereocenters. The third-order valence-electron chi connectivity index (χ3n) is 13.0. The van der Waals surface area contributed by atoms with Gasteiger partial charge in [-0.1, -0.05) is 6.08 Å². The summed E-state index contributed by atoms with van der Waals surface area (Å²) in [7, 11) is 9.05. The van der Waals surface area contributed by atoms with Crippen molar-refractivity contribution >= 4 is 23.3 Å².